The number of likely N-dealkylation sites (tertiary alicyclic amines) is 1. The summed E-state index contributed by atoms with van der Waals surface area (Å²) >= 11 is 0. The molecule has 0 aromatic heterocycles. The lowest BCUT2D eigenvalue weighted by atomic mass is 10.1. The van der Waals surface area contributed by atoms with Crippen molar-refractivity contribution >= 4 is 23.2 Å². The Hall–Kier alpha value is -3.51. The third-order valence-corrected chi connectivity index (χ3v) is 7.37. The SMILES string of the molecule is CN(C(=O)OC(C)(C)C)c1cccc(CCN2CCC[C@H]2CN2c3ccccc3COc3ccccc32)c1. The van der Waals surface area contributed by atoms with Crippen LogP contribution in [0.5, 0.6) is 5.75 Å². The molecule has 6 heteroatoms. The molecule has 38 heavy (non-hydrogen) atoms. The summed E-state index contributed by atoms with van der Waals surface area (Å²) in [4.78, 5) is 19.2. The fourth-order valence-corrected chi connectivity index (χ4v) is 5.42. The van der Waals surface area contributed by atoms with Gasteiger partial charge < -0.3 is 14.4 Å². The predicted molar refractivity (Wildman–Crippen MR) is 154 cm³/mol. The van der Waals surface area contributed by atoms with Crippen molar-refractivity contribution in [2.75, 3.05) is 36.5 Å². The first-order chi connectivity index (χ1) is 18.3. The van der Waals surface area contributed by atoms with Crippen LogP contribution >= 0.6 is 0 Å². The molecular weight excluding hydrogens is 474 g/mol. The summed E-state index contributed by atoms with van der Waals surface area (Å²) in [6.45, 7) is 9.27. The molecule has 0 N–H and O–H groups in total. The first-order valence-electron chi connectivity index (χ1n) is 13.7. The van der Waals surface area contributed by atoms with E-state index in [2.05, 4.69) is 64.4 Å². The van der Waals surface area contributed by atoms with E-state index in [1.54, 1.807) is 11.9 Å². The number of para-hydroxylation sites is 3. The molecule has 2 aliphatic rings. The maximum absolute atomic E-state index is 12.6. The van der Waals surface area contributed by atoms with Crippen molar-refractivity contribution in [2.24, 2.45) is 0 Å². The predicted octanol–water partition coefficient (Wildman–Crippen LogP) is 6.80. The Bertz CT molecular complexity index is 1220. The van der Waals surface area contributed by atoms with Crippen LogP contribution in [0.1, 0.15) is 44.7 Å². The molecule has 0 unspecified atom stereocenters. The highest BCUT2D eigenvalue weighted by molar-refractivity contribution is 5.87. The molecule has 0 bridgehead atoms. The van der Waals surface area contributed by atoms with Gasteiger partial charge in [0.1, 0.15) is 18.0 Å². The molecule has 1 saturated heterocycles. The van der Waals surface area contributed by atoms with Gasteiger partial charge in [-0.1, -0.05) is 42.5 Å². The minimum atomic E-state index is -0.520. The van der Waals surface area contributed by atoms with Crippen LogP contribution in [0.3, 0.4) is 0 Å². The Morgan fingerprint density at radius 2 is 1.79 bits per heavy atom. The van der Waals surface area contributed by atoms with E-state index in [0.717, 1.165) is 43.2 Å². The average molecular weight is 514 g/mol. The lowest BCUT2D eigenvalue weighted by Gasteiger charge is -2.32. The van der Waals surface area contributed by atoms with E-state index < -0.39 is 5.60 Å². The summed E-state index contributed by atoms with van der Waals surface area (Å²) in [5.74, 6) is 0.944. The van der Waals surface area contributed by atoms with Crippen LogP contribution in [-0.2, 0) is 17.8 Å². The zero-order valence-electron chi connectivity index (χ0n) is 23.0. The van der Waals surface area contributed by atoms with Gasteiger partial charge in [-0.25, -0.2) is 4.79 Å². The molecule has 2 aliphatic heterocycles. The summed E-state index contributed by atoms with van der Waals surface area (Å²) in [6.07, 6.45) is 2.99. The molecule has 5 rings (SSSR count). The summed E-state index contributed by atoms with van der Waals surface area (Å²) in [7, 11) is 1.77. The highest BCUT2D eigenvalue weighted by Crippen LogP contribution is 2.40. The molecule has 0 spiro atoms. The number of hydrogen-bond acceptors (Lipinski definition) is 5. The third-order valence-electron chi connectivity index (χ3n) is 7.37. The van der Waals surface area contributed by atoms with Crippen molar-refractivity contribution in [2.45, 2.75) is 58.3 Å². The zero-order valence-corrected chi connectivity index (χ0v) is 23.0. The van der Waals surface area contributed by atoms with Gasteiger partial charge in [-0.3, -0.25) is 9.80 Å². The summed E-state index contributed by atoms with van der Waals surface area (Å²) in [6, 6.07) is 25.7. The van der Waals surface area contributed by atoms with Crippen molar-refractivity contribution < 1.29 is 14.3 Å². The molecule has 0 aliphatic carbocycles. The van der Waals surface area contributed by atoms with Crippen LogP contribution in [0.15, 0.2) is 72.8 Å². The number of rotatable bonds is 6. The van der Waals surface area contributed by atoms with E-state index in [1.165, 1.54) is 29.7 Å². The minimum Gasteiger partial charge on any atom is -0.487 e. The Kier molecular flexibility index (Phi) is 7.61. The average Bonchev–Trinajstić information content (AvgIpc) is 3.29. The quantitative estimate of drug-likeness (QED) is 0.363. The summed E-state index contributed by atoms with van der Waals surface area (Å²) in [5.41, 5.74) is 5.16. The lowest BCUT2D eigenvalue weighted by molar-refractivity contribution is 0.0589. The number of ether oxygens (including phenoxy) is 2. The molecule has 0 radical (unpaired) electrons. The van der Waals surface area contributed by atoms with Crippen molar-refractivity contribution in [3.05, 3.63) is 83.9 Å². The Balaban J connectivity index is 1.28. The van der Waals surface area contributed by atoms with Gasteiger partial charge >= 0.3 is 6.09 Å². The van der Waals surface area contributed by atoms with E-state index in [1.807, 2.05) is 39.0 Å². The van der Waals surface area contributed by atoms with E-state index in [4.69, 9.17) is 9.47 Å². The van der Waals surface area contributed by atoms with Gasteiger partial charge in [0, 0.05) is 43.1 Å². The van der Waals surface area contributed by atoms with Crippen LogP contribution in [0, 0.1) is 0 Å². The topological polar surface area (TPSA) is 45.2 Å². The van der Waals surface area contributed by atoms with E-state index in [-0.39, 0.29) is 6.09 Å². The molecule has 200 valence electrons. The van der Waals surface area contributed by atoms with Crippen LogP contribution in [0.4, 0.5) is 21.9 Å². The molecule has 3 aromatic rings. The second-order valence-corrected chi connectivity index (χ2v) is 11.3. The second-order valence-electron chi connectivity index (χ2n) is 11.3. The molecular formula is C32H39N3O3. The Labute approximate surface area is 226 Å². The van der Waals surface area contributed by atoms with Gasteiger partial charge in [-0.2, -0.15) is 0 Å². The number of carbonyl (C=O) groups is 1. The summed E-state index contributed by atoms with van der Waals surface area (Å²) in [5, 5.41) is 0. The van der Waals surface area contributed by atoms with Crippen molar-refractivity contribution in [3.8, 4) is 5.75 Å². The van der Waals surface area contributed by atoms with Crippen LogP contribution < -0.4 is 14.5 Å². The number of amides is 1. The molecule has 2 heterocycles. The first kappa shape index (κ1) is 26.1. The number of benzene rings is 3. The lowest BCUT2D eigenvalue weighted by Crippen LogP contribution is -2.39. The molecule has 1 fully saturated rings. The van der Waals surface area contributed by atoms with Gasteiger partial charge in [0.25, 0.3) is 0 Å². The van der Waals surface area contributed by atoms with Gasteiger partial charge in [0.15, 0.2) is 0 Å². The standard InChI is InChI=1S/C32H39N3O3/c1-32(2,3)38-31(36)33(4)26-13-9-11-24(21-26)18-20-34-19-10-14-27(34)22-35-28-15-6-5-12-25(28)23-37-30-17-8-7-16-29(30)35/h5-9,11-13,15-17,21,27H,10,14,18-20,22-23H2,1-4H3/t27-/m0/s1. The Morgan fingerprint density at radius 1 is 1.03 bits per heavy atom. The molecule has 1 atom stereocenters. The zero-order chi connectivity index (χ0) is 26.7. The fraction of sp³-hybridized carbons (Fsp3) is 0.406. The normalized spacial score (nSPS) is 17.3. The van der Waals surface area contributed by atoms with Crippen LogP contribution in [-0.4, -0.2) is 49.3 Å². The molecule has 1 amide bonds. The monoisotopic (exact) mass is 513 g/mol. The fourth-order valence-electron chi connectivity index (χ4n) is 5.42. The van der Waals surface area contributed by atoms with Crippen molar-refractivity contribution in [1.29, 1.82) is 0 Å². The number of hydrogen-bond donors (Lipinski definition) is 0. The Morgan fingerprint density at radius 3 is 2.61 bits per heavy atom. The third kappa shape index (κ3) is 5.97. The first-order valence-corrected chi connectivity index (χ1v) is 13.7. The number of anilines is 3. The van der Waals surface area contributed by atoms with E-state index in [9.17, 15) is 4.79 Å². The second kappa shape index (κ2) is 11.1. The van der Waals surface area contributed by atoms with E-state index >= 15 is 0 Å². The highest BCUT2D eigenvalue weighted by Gasteiger charge is 2.30. The smallest absolute Gasteiger partial charge is 0.414 e. The number of fused-ring (bicyclic) bond motifs is 2. The molecule has 0 saturated carbocycles. The van der Waals surface area contributed by atoms with Gasteiger partial charge in [-0.05, 0) is 82.5 Å². The van der Waals surface area contributed by atoms with Crippen molar-refractivity contribution in [3.63, 3.8) is 0 Å². The van der Waals surface area contributed by atoms with Gasteiger partial charge in [-0.15, -0.1) is 0 Å². The molecule has 3 aromatic carbocycles. The maximum atomic E-state index is 12.6. The van der Waals surface area contributed by atoms with Crippen LogP contribution in [0.25, 0.3) is 0 Å². The highest BCUT2D eigenvalue weighted by atomic mass is 16.6. The minimum absolute atomic E-state index is 0.337. The van der Waals surface area contributed by atoms with Gasteiger partial charge in [0.2, 0.25) is 0 Å². The summed E-state index contributed by atoms with van der Waals surface area (Å²) < 4.78 is 11.7. The van der Waals surface area contributed by atoms with Crippen molar-refractivity contribution in [1.82, 2.24) is 4.90 Å². The molecule has 6 nitrogen and oxygen atoms in total. The number of carbonyl (C=O) groups excluding carboxylic acids is 1. The van der Waals surface area contributed by atoms with E-state index in [0.29, 0.717) is 12.6 Å². The largest absolute Gasteiger partial charge is 0.487 e. The van der Waals surface area contributed by atoms with Gasteiger partial charge in [0.05, 0.1) is 5.69 Å². The van der Waals surface area contributed by atoms with Crippen LogP contribution in [0.2, 0.25) is 0 Å². The number of nitrogens with zero attached hydrogens (tertiary/aromatic N) is 3. The maximum Gasteiger partial charge on any atom is 0.414 e.